The second-order valence-electron chi connectivity index (χ2n) is 7.22. The first-order chi connectivity index (χ1) is 15.0. The van der Waals surface area contributed by atoms with Gasteiger partial charge in [0.1, 0.15) is 5.75 Å². The van der Waals surface area contributed by atoms with E-state index in [0.717, 1.165) is 43.3 Å². The first kappa shape index (κ1) is 22.4. The van der Waals surface area contributed by atoms with E-state index in [-0.39, 0.29) is 18.4 Å². The summed E-state index contributed by atoms with van der Waals surface area (Å²) in [4.78, 5) is 28.3. The van der Waals surface area contributed by atoms with Gasteiger partial charge in [-0.2, -0.15) is 0 Å². The Morgan fingerprint density at radius 2 is 1.77 bits per heavy atom. The van der Waals surface area contributed by atoms with E-state index in [1.165, 1.54) is 11.0 Å². The van der Waals surface area contributed by atoms with Crippen LogP contribution in [0.3, 0.4) is 0 Å². The molecule has 0 unspecified atom stereocenters. The van der Waals surface area contributed by atoms with Gasteiger partial charge >= 0.3 is 0 Å². The van der Waals surface area contributed by atoms with Crippen LogP contribution in [0.1, 0.15) is 12.5 Å². The molecule has 2 aromatic rings. The second kappa shape index (κ2) is 11.2. The van der Waals surface area contributed by atoms with Crippen molar-refractivity contribution in [3.8, 4) is 5.75 Å². The normalized spacial score (nSPS) is 13.8. The van der Waals surface area contributed by atoms with Gasteiger partial charge < -0.3 is 24.6 Å². The van der Waals surface area contributed by atoms with Gasteiger partial charge in [0.05, 0.1) is 26.4 Å². The monoisotopic (exact) mass is 423 g/mol. The molecular formula is C24H29N3O4. The van der Waals surface area contributed by atoms with Gasteiger partial charge in [-0.3, -0.25) is 9.59 Å². The van der Waals surface area contributed by atoms with Crippen LogP contribution in [0.25, 0.3) is 6.08 Å². The van der Waals surface area contributed by atoms with E-state index in [2.05, 4.69) is 10.2 Å². The van der Waals surface area contributed by atoms with E-state index < -0.39 is 0 Å². The molecule has 1 fully saturated rings. The molecule has 2 aromatic carbocycles. The predicted molar refractivity (Wildman–Crippen MR) is 122 cm³/mol. The summed E-state index contributed by atoms with van der Waals surface area (Å²) in [6.45, 7) is 5.69. The number of hydrogen-bond acceptors (Lipinski definition) is 5. The highest BCUT2D eigenvalue weighted by molar-refractivity contribution is 5.98. The molecule has 0 aromatic heterocycles. The standard InChI is InChI=1S/C24H29N3O4/c1-3-31-22-11-4-19(5-12-22)6-13-24(29)26(2)18-23(28)25-20-7-9-21(10-8-20)27-14-16-30-17-15-27/h4-13H,3,14-18H2,1-2H3,(H,25,28)/b13-6+. The van der Waals surface area contributed by atoms with Crippen LogP contribution in [0, 0.1) is 0 Å². The molecule has 0 bridgehead atoms. The van der Waals surface area contributed by atoms with E-state index >= 15 is 0 Å². The highest BCUT2D eigenvalue weighted by atomic mass is 16.5. The third-order valence-electron chi connectivity index (χ3n) is 4.89. The molecule has 7 heteroatoms. The topological polar surface area (TPSA) is 71.1 Å². The van der Waals surface area contributed by atoms with Crippen LogP contribution >= 0.6 is 0 Å². The summed E-state index contributed by atoms with van der Waals surface area (Å²) in [6.07, 6.45) is 3.18. The van der Waals surface area contributed by atoms with Gasteiger partial charge in [-0.25, -0.2) is 0 Å². The smallest absolute Gasteiger partial charge is 0.246 e. The Labute approximate surface area is 183 Å². The SMILES string of the molecule is CCOc1ccc(/C=C/C(=O)N(C)CC(=O)Nc2ccc(N3CCOCC3)cc2)cc1. The molecule has 0 aliphatic carbocycles. The van der Waals surface area contributed by atoms with E-state index in [0.29, 0.717) is 12.3 Å². The minimum absolute atomic E-state index is 0.0301. The first-order valence-corrected chi connectivity index (χ1v) is 10.4. The molecule has 0 radical (unpaired) electrons. The number of carbonyl (C=O) groups excluding carboxylic acids is 2. The first-order valence-electron chi connectivity index (χ1n) is 10.4. The number of anilines is 2. The van der Waals surface area contributed by atoms with Gasteiger partial charge in [-0.1, -0.05) is 12.1 Å². The second-order valence-corrected chi connectivity index (χ2v) is 7.22. The Morgan fingerprint density at radius 1 is 1.10 bits per heavy atom. The van der Waals surface area contributed by atoms with Gasteiger partial charge in [0.2, 0.25) is 11.8 Å². The van der Waals surface area contributed by atoms with E-state index in [4.69, 9.17) is 9.47 Å². The predicted octanol–water partition coefficient (Wildman–Crippen LogP) is 3.03. The summed E-state index contributed by atoms with van der Waals surface area (Å²) in [5.74, 6) is 0.300. The summed E-state index contributed by atoms with van der Waals surface area (Å²) < 4.78 is 10.8. The van der Waals surface area contributed by atoms with Crippen molar-refractivity contribution in [2.24, 2.45) is 0 Å². The lowest BCUT2D eigenvalue weighted by Gasteiger charge is -2.28. The molecule has 2 amide bonds. The van der Waals surface area contributed by atoms with Crippen LogP contribution in [0.15, 0.2) is 54.6 Å². The van der Waals surface area contributed by atoms with Gasteiger partial charge in [-0.15, -0.1) is 0 Å². The van der Waals surface area contributed by atoms with Crippen molar-refractivity contribution in [3.05, 3.63) is 60.2 Å². The van der Waals surface area contributed by atoms with Crippen molar-refractivity contribution in [1.82, 2.24) is 4.90 Å². The largest absolute Gasteiger partial charge is 0.494 e. The highest BCUT2D eigenvalue weighted by Gasteiger charge is 2.13. The van der Waals surface area contributed by atoms with Gasteiger partial charge in [0.25, 0.3) is 0 Å². The fraction of sp³-hybridized carbons (Fsp3) is 0.333. The van der Waals surface area contributed by atoms with Crippen molar-refractivity contribution in [2.75, 3.05) is 56.7 Å². The van der Waals surface area contributed by atoms with Crippen molar-refractivity contribution >= 4 is 29.3 Å². The number of hydrogen-bond donors (Lipinski definition) is 1. The minimum atomic E-state index is -0.246. The summed E-state index contributed by atoms with van der Waals surface area (Å²) in [5.41, 5.74) is 2.69. The number of amides is 2. The molecule has 31 heavy (non-hydrogen) atoms. The summed E-state index contributed by atoms with van der Waals surface area (Å²) in [6, 6.07) is 15.2. The van der Waals surface area contributed by atoms with Crippen LogP contribution in [-0.4, -0.2) is 63.2 Å². The number of rotatable bonds is 8. The maximum absolute atomic E-state index is 12.3. The van der Waals surface area contributed by atoms with E-state index in [1.807, 2.05) is 55.5 Å². The van der Waals surface area contributed by atoms with Gasteiger partial charge in [-0.05, 0) is 55.0 Å². The van der Waals surface area contributed by atoms with Crippen molar-refractivity contribution in [2.45, 2.75) is 6.92 Å². The Bertz CT molecular complexity index is 888. The third kappa shape index (κ3) is 6.86. The van der Waals surface area contributed by atoms with Crippen LogP contribution in [0.4, 0.5) is 11.4 Å². The average Bonchev–Trinajstić information content (AvgIpc) is 2.79. The molecule has 7 nitrogen and oxygen atoms in total. The van der Waals surface area contributed by atoms with Crippen LogP contribution in [0.2, 0.25) is 0 Å². The zero-order valence-corrected chi connectivity index (χ0v) is 18.0. The summed E-state index contributed by atoms with van der Waals surface area (Å²) in [5, 5.41) is 2.84. The molecule has 0 spiro atoms. The molecule has 3 rings (SSSR count). The number of nitrogens with zero attached hydrogens (tertiary/aromatic N) is 2. The van der Waals surface area contributed by atoms with Crippen LogP contribution in [-0.2, 0) is 14.3 Å². The van der Waals surface area contributed by atoms with Gasteiger partial charge in [0.15, 0.2) is 0 Å². The number of carbonyl (C=O) groups is 2. The fourth-order valence-corrected chi connectivity index (χ4v) is 3.21. The molecule has 1 saturated heterocycles. The molecule has 1 aliphatic rings. The zero-order valence-electron chi connectivity index (χ0n) is 18.0. The highest BCUT2D eigenvalue weighted by Crippen LogP contribution is 2.19. The lowest BCUT2D eigenvalue weighted by atomic mass is 10.2. The number of benzene rings is 2. The number of likely N-dealkylation sites (N-methyl/N-ethyl adjacent to an activating group) is 1. The molecule has 0 atom stereocenters. The number of ether oxygens (including phenoxy) is 2. The molecule has 1 aliphatic heterocycles. The molecule has 1 heterocycles. The Kier molecular flexibility index (Phi) is 8.06. The molecule has 164 valence electrons. The molecule has 0 saturated carbocycles. The van der Waals surface area contributed by atoms with Crippen molar-refractivity contribution in [3.63, 3.8) is 0 Å². The van der Waals surface area contributed by atoms with E-state index in [9.17, 15) is 9.59 Å². The summed E-state index contributed by atoms with van der Waals surface area (Å²) >= 11 is 0. The lowest BCUT2D eigenvalue weighted by molar-refractivity contribution is -0.129. The quantitative estimate of drug-likeness (QED) is 0.661. The maximum atomic E-state index is 12.3. The van der Waals surface area contributed by atoms with Crippen LogP contribution < -0.4 is 15.0 Å². The Morgan fingerprint density at radius 3 is 2.42 bits per heavy atom. The molecule has 1 N–H and O–H groups in total. The minimum Gasteiger partial charge on any atom is -0.494 e. The average molecular weight is 424 g/mol. The molecular weight excluding hydrogens is 394 g/mol. The van der Waals surface area contributed by atoms with Crippen molar-refractivity contribution < 1.29 is 19.1 Å². The van der Waals surface area contributed by atoms with Gasteiger partial charge in [0, 0.05) is 37.6 Å². The number of morpholine rings is 1. The van der Waals surface area contributed by atoms with E-state index in [1.54, 1.807) is 13.1 Å². The Hall–Kier alpha value is -3.32. The lowest BCUT2D eigenvalue weighted by Crippen LogP contribution is -2.36. The number of nitrogens with one attached hydrogen (secondary N) is 1. The van der Waals surface area contributed by atoms with Crippen LogP contribution in [0.5, 0.6) is 5.75 Å². The maximum Gasteiger partial charge on any atom is 0.246 e. The third-order valence-corrected chi connectivity index (χ3v) is 4.89. The summed E-state index contributed by atoms with van der Waals surface area (Å²) in [7, 11) is 1.60. The Balaban J connectivity index is 1.47. The fourth-order valence-electron chi connectivity index (χ4n) is 3.21. The van der Waals surface area contributed by atoms with Crippen molar-refractivity contribution in [1.29, 1.82) is 0 Å². The zero-order chi connectivity index (χ0) is 22.1.